The Morgan fingerprint density at radius 3 is 2.50 bits per heavy atom. The van der Waals surface area contributed by atoms with E-state index in [0.29, 0.717) is 12.1 Å². The number of hydrogen-bond donors (Lipinski definition) is 1. The first kappa shape index (κ1) is 14.0. The lowest BCUT2D eigenvalue weighted by Crippen LogP contribution is -2.46. The first-order valence-electron chi connectivity index (χ1n) is 6.96. The van der Waals surface area contributed by atoms with Gasteiger partial charge in [-0.25, -0.2) is 0 Å². The monoisotopic (exact) mass is 226 g/mol. The normalized spacial score (nSPS) is 28.7. The van der Waals surface area contributed by atoms with E-state index in [9.17, 15) is 0 Å². The van der Waals surface area contributed by atoms with Crippen molar-refractivity contribution in [2.75, 3.05) is 13.6 Å². The van der Waals surface area contributed by atoms with Gasteiger partial charge in [-0.15, -0.1) is 0 Å². The third kappa shape index (κ3) is 4.42. The zero-order valence-electron chi connectivity index (χ0n) is 11.8. The molecule has 3 unspecified atom stereocenters. The summed E-state index contributed by atoms with van der Waals surface area (Å²) in [6.07, 6.45) is 5.64. The third-order valence-electron chi connectivity index (χ3n) is 4.00. The molecule has 0 aliphatic heterocycles. The van der Waals surface area contributed by atoms with Gasteiger partial charge in [-0.3, -0.25) is 4.90 Å². The molecule has 1 N–H and O–H groups in total. The summed E-state index contributed by atoms with van der Waals surface area (Å²) in [5.41, 5.74) is 0. The van der Waals surface area contributed by atoms with Crippen molar-refractivity contribution in [3.05, 3.63) is 0 Å². The minimum absolute atomic E-state index is 0.598. The summed E-state index contributed by atoms with van der Waals surface area (Å²) >= 11 is 0. The fourth-order valence-corrected chi connectivity index (χ4v) is 2.68. The van der Waals surface area contributed by atoms with Crippen molar-refractivity contribution in [3.63, 3.8) is 0 Å². The van der Waals surface area contributed by atoms with E-state index in [1.165, 1.54) is 25.7 Å². The maximum absolute atomic E-state index is 3.53. The molecule has 0 aromatic rings. The lowest BCUT2D eigenvalue weighted by molar-refractivity contribution is 0.123. The average Bonchev–Trinajstić information content (AvgIpc) is 2.24. The van der Waals surface area contributed by atoms with Crippen LogP contribution in [0.2, 0.25) is 0 Å². The molecule has 0 heterocycles. The van der Waals surface area contributed by atoms with Crippen LogP contribution in [-0.2, 0) is 0 Å². The molecule has 0 aromatic carbocycles. The Bertz CT molecular complexity index is 191. The van der Waals surface area contributed by atoms with E-state index >= 15 is 0 Å². The van der Waals surface area contributed by atoms with Crippen LogP contribution in [0.5, 0.6) is 0 Å². The number of nitrogens with zero attached hydrogens (tertiary/aromatic N) is 1. The molecule has 0 spiro atoms. The fraction of sp³-hybridized carbons (Fsp3) is 1.00. The van der Waals surface area contributed by atoms with Crippen molar-refractivity contribution in [2.45, 2.75) is 71.5 Å². The molecule has 0 radical (unpaired) electrons. The molecule has 2 heteroatoms. The second-order valence-electron chi connectivity index (χ2n) is 6.00. The molecule has 2 nitrogen and oxygen atoms in total. The second-order valence-corrected chi connectivity index (χ2v) is 6.00. The van der Waals surface area contributed by atoms with Gasteiger partial charge in [0.1, 0.15) is 0 Å². The quantitative estimate of drug-likeness (QED) is 0.775. The smallest absolute Gasteiger partial charge is 0.0192 e. The van der Waals surface area contributed by atoms with Crippen LogP contribution in [0.4, 0.5) is 0 Å². The topological polar surface area (TPSA) is 15.3 Å². The van der Waals surface area contributed by atoms with Crippen LogP contribution in [0, 0.1) is 5.92 Å². The highest BCUT2D eigenvalue weighted by Gasteiger charge is 2.24. The second kappa shape index (κ2) is 6.61. The standard InChI is InChI=1S/C14H30N2/c1-11(2)15-10-13(4)16(5)14-8-6-7-12(3)9-14/h11-15H,6-10H2,1-5H3. The van der Waals surface area contributed by atoms with E-state index in [2.05, 4.69) is 45.0 Å². The summed E-state index contributed by atoms with van der Waals surface area (Å²) in [7, 11) is 2.30. The Kier molecular flexibility index (Phi) is 5.77. The van der Waals surface area contributed by atoms with E-state index < -0.39 is 0 Å². The lowest BCUT2D eigenvalue weighted by Gasteiger charge is -2.38. The van der Waals surface area contributed by atoms with E-state index in [1.54, 1.807) is 0 Å². The molecule has 0 bridgehead atoms. The van der Waals surface area contributed by atoms with Crippen molar-refractivity contribution >= 4 is 0 Å². The van der Waals surface area contributed by atoms with Crippen LogP contribution < -0.4 is 5.32 Å². The fourth-order valence-electron chi connectivity index (χ4n) is 2.68. The molecule has 1 aliphatic carbocycles. The van der Waals surface area contributed by atoms with E-state index in [-0.39, 0.29) is 0 Å². The number of nitrogens with one attached hydrogen (secondary N) is 1. The van der Waals surface area contributed by atoms with E-state index in [0.717, 1.165) is 18.5 Å². The van der Waals surface area contributed by atoms with E-state index in [1.807, 2.05) is 0 Å². The Hall–Kier alpha value is -0.0800. The zero-order chi connectivity index (χ0) is 12.1. The summed E-state index contributed by atoms with van der Waals surface area (Å²) in [6, 6.07) is 2.06. The van der Waals surface area contributed by atoms with E-state index in [4.69, 9.17) is 0 Å². The number of likely N-dealkylation sites (N-methyl/N-ethyl adjacent to an activating group) is 1. The highest BCUT2D eigenvalue weighted by Crippen LogP contribution is 2.27. The SMILES string of the molecule is CC1CCCC(N(C)C(C)CNC(C)C)C1. The molecule has 1 rings (SSSR count). The van der Waals surface area contributed by atoms with Crippen LogP contribution >= 0.6 is 0 Å². The maximum Gasteiger partial charge on any atom is 0.0192 e. The average molecular weight is 226 g/mol. The van der Waals surface area contributed by atoms with Gasteiger partial charge in [0, 0.05) is 24.7 Å². The number of rotatable bonds is 5. The van der Waals surface area contributed by atoms with Crippen LogP contribution in [0.25, 0.3) is 0 Å². The van der Waals surface area contributed by atoms with Crippen LogP contribution in [-0.4, -0.2) is 36.6 Å². The van der Waals surface area contributed by atoms with Crippen molar-refractivity contribution in [1.82, 2.24) is 10.2 Å². The van der Waals surface area contributed by atoms with Gasteiger partial charge in [-0.05, 0) is 32.7 Å². The molecule has 1 fully saturated rings. The van der Waals surface area contributed by atoms with Crippen LogP contribution in [0.3, 0.4) is 0 Å². The molecule has 0 amide bonds. The predicted molar refractivity (Wildman–Crippen MR) is 71.8 cm³/mol. The Labute approximate surface area is 102 Å². The Morgan fingerprint density at radius 2 is 1.94 bits per heavy atom. The lowest BCUT2D eigenvalue weighted by atomic mass is 9.86. The van der Waals surface area contributed by atoms with Crippen molar-refractivity contribution in [3.8, 4) is 0 Å². The van der Waals surface area contributed by atoms with Crippen molar-refractivity contribution in [2.24, 2.45) is 5.92 Å². The first-order chi connectivity index (χ1) is 7.50. The summed E-state index contributed by atoms with van der Waals surface area (Å²) in [4.78, 5) is 2.59. The summed E-state index contributed by atoms with van der Waals surface area (Å²) in [6.45, 7) is 10.3. The Morgan fingerprint density at radius 1 is 1.25 bits per heavy atom. The molecule has 1 saturated carbocycles. The zero-order valence-corrected chi connectivity index (χ0v) is 11.8. The van der Waals surface area contributed by atoms with Gasteiger partial charge in [0.05, 0.1) is 0 Å². The van der Waals surface area contributed by atoms with Gasteiger partial charge in [0.2, 0.25) is 0 Å². The van der Waals surface area contributed by atoms with Crippen molar-refractivity contribution < 1.29 is 0 Å². The Balaban J connectivity index is 2.33. The largest absolute Gasteiger partial charge is 0.313 e. The minimum atomic E-state index is 0.598. The molecule has 3 atom stereocenters. The summed E-state index contributed by atoms with van der Waals surface area (Å²) < 4.78 is 0. The van der Waals surface area contributed by atoms with Crippen molar-refractivity contribution in [1.29, 1.82) is 0 Å². The first-order valence-corrected chi connectivity index (χ1v) is 6.96. The molecular formula is C14H30N2. The highest BCUT2D eigenvalue weighted by molar-refractivity contribution is 4.81. The van der Waals surface area contributed by atoms with Gasteiger partial charge in [-0.1, -0.05) is 33.6 Å². The third-order valence-corrected chi connectivity index (χ3v) is 4.00. The predicted octanol–water partition coefficient (Wildman–Crippen LogP) is 2.88. The van der Waals surface area contributed by atoms with Gasteiger partial charge in [0.15, 0.2) is 0 Å². The number of hydrogen-bond acceptors (Lipinski definition) is 2. The molecule has 96 valence electrons. The van der Waals surface area contributed by atoms with Crippen LogP contribution in [0.1, 0.15) is 53.4 Å². The van der Waals surface area contributed by atoms with Gasteiger partial charge in [-0.2, -0.15) is 0 Å². The molecule has 0 saturated heterocycles. The van der Waals surface area contributed by atoms with Gasteiger partial charge >= 0.3 is 0 Å². The maximum atomic E-state index is 3.53. The van der Waals surface area contributed by atoms with Gasteiger partial charge in [0.25, 0.3) is 0 Å². The molecule has 0 aromatic heterocycles. The highest BCUT2D eigenvalue weighted by atomic mass is 15.2. The molecule has 1 aliphatic rings. The van der Waals surface area contributed by atoms with Gasteiger partial charge < -0.3 is 5.32 Å². The summed E-state index contributed by atoms with van der Waals surface area (Å²) in [5, 5.41) is 3.53. The summed E-state index contributed by atoms with van der Waals surface area (Å²) in [5.74, 6) is 0.923. The minimum Gasteiger partial charge on any atom is -0.313 e. The molecule has 16 heavy (non-hydrogen) atoms. The molecular weight excluding hydrogens is 196 g/mol. The van der Waals surface area contributed by atoms with Crippen LogP contribution in [0.15, 0.2) is 0 Å².